The SMILES string of the molecule is FC(F)COc1cccc(Cl)c1CBr. The lowest BCUT2D eigenvalue weighted by molar-refractivity contribution is 0.0815. The van der Waals surface area contributed by atoms with E-state index in [1.165, 1.54) is 0 Å². The van der Waals surface area contributed by atoms with E-state index in [0.717, 1.165) is 0 Å². The Hall–Kier alpha value is -0.350. The number of hydrogen-bond donors (Lipinski definition) is 0. The highest BCUT2D eigenvalue weighted by atomic mass is 79.9. The largest absolute Gasteiger partial charge is 0.487 e. The van der Waals surface area contributed by atoms with E-state index in [2.05, 4.69) is 15.9 Å². The number of ether oxygens (including phenoxy) is 1. The van der Waals surface area contributed by atoms with E-state index in [-0.39, 0.29) is 0 Å². The van der Waals surface area contributed by atoms with Gasteiger partial charge < -0.3 is 4.74 Å². The van der Waals surface area contributed by atoms with Crippen molar-refractivity contribution in [2.24, 2.45) is 0 Å². The van der Waals surface area contributed by atoms with E-state index in [1.54, 1.807) is 18.2 Å². The van der Waals surface area contributed by atoms with Crippen LogP contribution < -0.4 is 4.74 Å². The van der Waals surface area contributed by atoms with Crippen LogP contribution in [0.1, 0.15) is 5.56 Å². The quantitative estimate of drug-likeness (QED) is 0.763. The summed E-state index contributed by atoms with van der Waals surface area (Å²) in [4.78, 5) is 0. The standard InChI is InChI=1S/C9H8BrClF2O/c10-4-6-7(11)2-1-3-8(6)14-5-9(12)13/h1-3,9H,4-5H2. The summed E-state index contributed by atoms with van der Waals surface area (Å²) in [6, 6.07) is 4.97. The van der Waals surface area contributed by atoms with Crippen LogP contribution >= 0.6 is 27.5 Å². The van der Waals surface area contributed by atoms with Crippen molar-refractivity contribution in [3.8, 4) is 5.75 Å². The number of rotatable bonds is 4. The predicted molar refractivity (Wildman–Crippen MR) is 55.6 cm³/mol. The van der Waals surface area contributed by atoms with E-state index in [9.17, 15) is 8.78 Å². The summed E-state index contributed by atoms with van der Waals surface area (Å²) in [5.74, 6) is 0.398. The summed E-state index contributed by atoms with van der Waals surface area (Å²) in [5.41, 5.74) is 0.690. The van der Waals surface area contributed by atoms with E-state index in [4.69, 9.17) is 16.3 Å². The maximum absolute atomic E-state index is 11.9. The fourth-order valence-corrected chi connectivity index (χ4v) is 1.93. The van der Waals surface area contributed by atoms with Gasteiger partial charge in [0, 0.05) is 15.9 Å². The van der Waals surface area contributed by atoms with E-state index < -0.39 is 13.0 Å². The third-order valence-electron chi connectivity index (χ3n) is 1.57. The minimum absolute atomic E-state index is 0.398. The van der Waals surface area contributed by atoms with Crippen LogP contribution in [0.3, 0.4) is 0 Å². The number of alkyl halides is 3. The first-order valence-corrected chi connectivity index (χ1v) is 5.39. The molecule has 0 unspecified atom stereocenters. The van der Waals surface area contributed by atoms with Gasteiger partial charge in [-0.2, -0.15) is 0 Å². The zero-order valence-corrected chi connectivity index (χ0v) is 9.49. The van der Waals surface area contributed by atoms with Crippen LogP contribution in [-0.4, -0.2) is 13.0 Å². The lowest BCUT2D eigenvalue weighted by Crippen LogP contribution is -2.08. The molecule has 0 radical (unpaired) electrons. The Kier molecular flexibility index (Phi) is 4.62. The highest BCUT2D eigenvalue weighted by Gasteiger charge is 2.09. The molecule has 0 spiro atoms. The van der Waals surface area contributed by atoms with Gasteiger partial charge in [0.1, 0.15) is 12.4 Å². The van der Waals surface area contributed by atoms with Crippen LogP contribution in [-0.2, 0) is 5.33 Å². The van der Waals surface area contributed by atoms with Gasteiger partial charge in [0.2, 0.25) is 0 Å². The van der Waals surface area contributed by atoms with E-state index in [0.29, 0.717) is 21.7 Å². The molecular weight excluding hydrogens is 277 g/mol. The van der Waals surface area contributed by atoms with Crippen LogP contribution in [0.15, 0.2) is 18.2 Å². The molecule has 5 heteroatoms. The van der Waals surface area contributed by atoms with Crippen molar-refractivity contribution >= 4 is 27.5 Å². The van der Waals surface area contributed by atoms with Gasteiger partial charge in [-0.1, -0.05) is 33.6 Å². The molecule has 0 heterocycles. The minimum Gasteiger partial charge on any atom is -0.487 e. The first kappa shape index (κ1) is 11.7. The van der Waals surface area contributed by atoms with Crippen LogP contribution in [0.5, 0.6) is 5.75 Å². The Labute approximate surface area is 94.1 Å². The molecule has 0 saturated heterocycles. The molecule has 0 bridgehead atoms. The Morgan fingerprint density at radius 1 is 1.43 bits per heavy atom. The van der Waals surface area contributed by atoms with Crippen LogP contribution in [0.4, 0.5) is 8.78 Å². The van der Waals surface area contributed by atoms with Crippen LogP contribution in [0, 0.1) is 0 Å². The second kappa shape index (κ2) is 5.51. The van der Waals surface area contributed by atoms with Crippen molar-refractivity contribution in [1.82, 2.24) is 0 Å². The number of benzene rings is 1. The first-order valence-electron chi connectivity index (χ1n) is 3.89. The van der Waals surface area contributed by atoms with Gasteiger partial charge in [-0.05, 0) is 12.1 Å². The van der Waals surface area contributed by atoms with Gasteiger partial charge in [-0.15, -0.1) is 0 Å². The molecule has 1 rings (SSSR count). The van der Waals surface area contributed by atoms with Crippen molar-refractivity contribution in [1.29, 1.82) is 0 Å². The smallest absolute Gasteiger partial charge is 0.272 e. The topological polar surface area (TPSA) is 9.23 Å². The summed E-state index contributed by atoms with van der Waals surface area (Å²) < 4.78 is 28.7. The fourth-order valence-electron chi connectivity index (χ4n) is 0.957. The summed E-state index contributed by atoms with van der Waals surface area (Å²) in [6.45, 7) is -0.611. The van der Waals surface area contributed by atoms with Crippen LogP contribution in [0.25, 0.3) is 0 Å². The molecule has 1 aromatic rings. The molecule has 0 aliphatic heterocycles. The fraction of sp³-hybridized carbons (Fsp3) is 0.333. The van der Waals surface area contributed by atoms with E-state index >= 15 is 0 Å². The third kappa shape index (κ3) is 3.10. The molecule has 0 N–H and O–H groups in total. The third-order valence-corrected chi connectivity index (χ3v) is 2.49. The summed E-state index contributed by atoms with van der Waals surface area (Å²) in [7, 11) is 0. The predicted octanol–water partition coefficient (Wildman–Crippen LogP) is 3.88. The van der Waals surface area contributed by atoms with Crippen molar-refractivity contribution in [3.63, 3.8) is 0 Å². The average molecular weight is 286 g/mol. The Balaban J connectivity index is 2.80. The first-order chi connectivity index (χ1) is 6.65. The van der Waals surface area contributed by atoms with Gasteiger partial charge in [-0.25, -0.2) is 8.78 Å². The van der Waals surface area contributed by atoms with Gasteiger partial charge in [0.15, 0.2) is 0 Å². The zero-order valence-electron chi connectivity index (χ0n) is 7.14. The number of halogens is 4. The second-order valence-electron chi connectivity index (χ2n) is 2.55. The lowest BCUT2D eigenvalue weighted by Gasteiger charge is -2.10. The van der Waals surface area contributed by atoms with Gasteiger partial charge >= 0.3 is 0 Å². The molecule has 0 aliphatic rings. The number of hydrogen-bond acceptors (Lipinski definition) is 1. The molecule has 1 nitrogen and oxygen atoms in total. The van der Waals surface area contributed by atoms with Crippen LogP contribution in [0.2, 0.25) is 5.02 Å². The Morgan fingerprint density at radius 2 is 2.14 bits per heavy atom. The highest BCUT2D eigenvalue weighted by molar-refractivity contribution is 9.08. The maximum Gasteiger partial charge on any atom is 0.272 e. The minimum atomic E-state index is -2.47. The molecule has 0 aromatic heterocycles. The van der Waals surface area contributed by atoms with Crippen molar-refractivity contribution in [3.05, 3.63) is 28.8 Å². The van der Waals surface area contributed by atoms with Crippen molar-refractivity contribution in [2.45, 2.75) is 11.8 Å². The van der Waals surface area contributed by atoms with E-state index in [1.807, 2.05) is 0 Å². The molecular formula is C9H8BrClF2O. The lowest BCUT2D eigenvalue weighted by atomic mass is 10.2. The van der Waals surface area contributed by atoms with Gasteiger partial charge in [0.05, 0.1) is 0 Å². The molecule has 14 heavy (non-hydrogen) atoms. The van der Waals surface area contributed by atoms with Gasteiger partial charge in [-0.3, -0.25) is 0 Å². The molecule has 0 amide bonds. The molecule has 0 saturated carbocycles. The van der Waals surface area contributed by atoms with Gasteiger partial charge in [0.25, 0.3) is 6.43 Å². The van der Waals surface area contributed by atoms with Crippen molar-refractivity contribution < 1.29 is 13.5 Å². The summed E-state index contributed by atoms with van der Waals surface area (Å²) >= 11 is 9.06. The Morgan fingerprint density at radius 3 is 2.71 bits per heavy atom. The summed E-state index contributed by atoms with van der Waals surface area (Å²) in [5, 5.41) is 0.985. The highest BCUT2D eigenvalue weighted by Crippen LogP contribution is 2.28. The molecule has 0 aliphatic carbocycles. The molecule has 0 fully saturated rings. The van der Waals surface area contributed by atoms with Crippen molar-refractivity contribution in [2.75, 3.05) is 6.61 Å². The average Bonchev–Trinajstić information content (AvgIpc) is 2.14. The normalized spacial score (nSPS) is 10.6. The molecule has 0 atom stereocenters. The molecule has 78 valence electrons. The monoisotopic (exact) mass is 284 g/mol. The zero-order chi connectivity index (χ0) is 10.6. The second-order valence-corrected chi connectivity index (χ2v) is 3.52. The Bertz CT molecular complexity index is 307. The molecule has 1 aromatic carbocycles. The maximum atomic E-state index is 11.9. The summed E-state index contributed by atoms with van der Waals surface area (Å²) in [6.07, 6.45) is -2.47.